The molecule has 3 aliphatic rings. The summed E-state index contributed by atoms with van der Waals surface area (Å²) in [7, 11) is 1.64. The van der Waals surface area contributed by atoms with Crippen LogP contribution in [0.2, 0.25) is 0 Å². The van der Waals surface area contributed by atoms with E-state index in [-0.39, 0.29) is 6.61 Å². The maximum atomic E-state index is 5.64. The second-order valence-electron chi connectivity index (χ2n) is 7.10. The molecule has 0 saturated carbocycles. The fourth-order valence-corrected chi connectivity index (χ4v) is 3.71. The van der Waals surface area contributed by atoms with E-state index in [9.17, 15) is 0 Å². The quantitative estimate of drug-likeness (QED) is 0.525. The average Bonchev–Trinajstić information content (AvgIpc) is 3.19. The van der Waals surface area contributed by atoms with Crippen molar-refractivity contribution in [2.75, 3.05) is 26.7 Å². The summed E-state index contributed by atoms with van der Waals surface area (Å²) >= 11 is 0. The van der Waals surface area contributed by atoms with Crippen molar-refractivity contribution in [1.29, 1.82) is 0 Å². The molecule has 7 nitrogen and oxygen atoms in total. The van der Waals surface area contributed by atoms with E-state index >= 15 is 0 Å². The zero-order valence-electron chi connectivity index (χ0n) is 15.5. The third-order valence-corrected chi connectivity index (χ3v) is 5.32. The van der Waals surface area contributed by atoms with Gasteiger partial charge in [-0.15, -0.1) is 0 Å². The van der Waals surface area contributed by atoms with Crippen LogP contribution < -0.4 is 9.47 Å². The third kappa shape index (κ3) is 4.60. The molecule has 0 spiro atoms. The lowest BCUT2D eigenvalue weighted by molar-refractivity contribution is 0.0762. The molecular formula is C20H25N3O4. The molecule has 4 heterocycles. The number of benzene rings is 1. The monoisotopic (exact) mass is 371 g/mol. The molecule has 3 saturated heterocycles. The standard InChI is InChI=1S/C20H25N3O4/c1-24-18-4-2-15(3-5-18)13-25-20-10-19(27-22-20)14-26-21-11-17-12-23-8-6-16(17)7-9-23/h2-5,10-11,16-17H,6-9,12-14H2,1H3. The van der Waals surface area contributed by atoms with Gasteiger partial charge < -0.3 is 23.7 Å². The highest BCUT2D eigenvalue weighted by Gasteiger charge is 2.33. The van der Waals surface area contributed by atoms with Crippen molar-refractivity contribution in [3.8, 4) is 11.6 Å². The average molecular weight is 371 g/mol. The van der Waals surface area contributed by atoms with Gasteiger partial charge in [0.25, 0.3) is 5.88 Å². The molecule has 0 radical (unpaired) electrons. The van der Waals surface area contributed by atoms with E-state index in [1.54, 1.807) is 13.2 Å². The Labute approximate surface area is 158 Å². The molecule has 5 rings (SSSR count). The zero-order valence-corrected chi connectivity index (χ0v) is 15.5. The minimum atomic E-state index is 0.247. The zero-order chi connectivity index (χ0) is 18.5. The number of nitrogens with zero attached hydrogens (tertiary/aromatic N) is 3. The van der Waals surface area contributed by atoms with Crippen LogP contribution in [-0.2, 0) is 18.1 Å². The smallest absolute Gasteiger partial charge is 0.254 e. The minimum Gasteiger partial charge on any atom is -0.497 e. The molecule has 144 valence electrons. The molecule has 2 bridgehead atoms. The van der Waals surface area contributed by atoms with E-state index < -0.39 is 0 Å². The van der Waals surface area contributed by atoms with Gasteiger partial charge in [-0.2, -0.15) is 0 Å². The largest absolute Gasteiger partial charge is 0.497 e. The Bertz CT molecular complexity index is 751. The second-order valence-corrected chi connectivity index (χ2v) is 7.10. The molecule has 0 amide bonds. The molecule has 1 aromatic carbocycles. The summed E-state index contributed by atoms with van der Waals surface area (Å²) in [4.78, 5) is 7.88. The van der Waals surface area contributed by atoms with Crippen LogP contribution in [0.15, 0.2) is 40.0 Å². The summed E-state index contributed by atoms with van der Waals surface area (Å²) in [5.74, 6) is 3.10. The van der Waals surface area contributed by atoms with Crippen LogP contribution in [0.25, 0.3) is 0 Å². The van der Waals surface area contributed by atoms with Crippen LogP contribution in [0.5, 0.6) is 11.6 Å². The number of piperidine rings is 3. The van der Waals surface area contributed by atoms with Gasteiger partial charge in [-0.05, 0) is 54.7 Å². The first-order valence-electron chi connectivity index (χ1n) is 9.39. The van der Waals surface area contributed by atoms with Gasteiger partial charge in [0, 0.05) is 24.7 Å². The lowest BCUT2D eigenvalue weighted by Crippen LogP contribution is -2.47. The van der Waals surface area contributed by atoms with Gasteiger partial charge in [-0.25, -0.2) is 0 Å². The van der Waals surface area contributed by atoms with Gasteiger partial charge in [0.2, 0.25) is 0 Å². The first-order chi connectivity index (χ1) is 13.3. The maximum Gasteiger partial charge on any atom is 0.254 e. The van der Waals surface area contributed by atoms with Gasteiger partial charge in [-0.1, -0.05) is 17.3 Å². The number of methoxy groups -OCH3 is 1. The molecular weight excluding hydrogens is 346 g/mol. The first-order valence-corrected chi connectivity index (χ1v) is 9.39. The molecule has 1 atom stereocenters. The normalized spacial score (nSPS) is 24.3. The molecule has 1 aromatic heterocycles. The van der Waals surface area contributed by atoms with Crippen LogP contribution in [-0.4, -0.2) is 43.0 Å². The Morgan fingerprint density at radius 1 is 1.22 bits per heavy atom. The summed E-state index contributed by atoms with van der Waals surface area (Å²) in [5.41, 5.74) is 1.03. The molecule has 0 aliphatic carbocycles. The van der Waals surface area contributed by atoms with E-state index in [0.29, 0.717) is 24.2 Å². The Morgan fingerprint density at radius 2 is 2.04 bits per heavy atom. The number of ether oxygens (including phenoxy) is 2. The lowest BCUT2D eigenvalue weighted by Gasteiger charge is -2.43. The highest BCUT2D eigenvalue weighted by molar-refractivity contribution is 5.61. The van der Waals surface area contributed by atoms with E-state index in [2.05, 4.69) is 15.2 Å². The minimum absolute atomic E-state index is 0.247. The lowest BCUT2D eigenvalue weighted by atomic mass is 9.80. The number of oxime groups is 1. The molecule has 1 unspecified atom stereocenters. The predicted molar refractivity (Wildman–Crippen MR) is 99.8 cm³/mol. The van der Waals surface area contributed by atoms with Crippen LogP contribution in [0.3, 0.4) is 0 Å². The molecule has 3 fully saturated rings. The number of hydrogen-bond donors (Lipinski definition) is 0. The number of hydrogen-bond acceptors (Lipinski definition) is 7. The van der Waals surface area contributed by atoms with E-state index in [4.69, 9.17) is 18.8 Å². The summed E-state index contributed by atoms with van der Waals surface area (Å²) in [6.07, 6.45) is 4.49. The van der Waals surface area contributed by atoms with E-state index in [1.807, 2.05) is 30.5 Å². The van der Waals surface area contributed by atoms with Crippen molar-refractivity contribution in [1.82, 2.24) is 10.1 Å². The number of aromatic nitrogens is 1. The molecule has 7 heteroatoms. The van der Waals surface area contributed by atoms with Crippen molar-refractivity contribution in [2.24, 2.45) is 17.0 Å². The second kappa shape index (κ2) is 8.43. The van der Waals surface area contributed by atoms with Crippen molar-refractivity contribution in [3.05, 3.63) is 41.7 Å². The maximum absolute atomic E-state index is 5.64. The molecule has 27 heavy (non-hydrogen) atoms. The van der Waals surface area contributed by atoms with Gasteiger partial charge in [0.1, 0.15) is 12.4 Å². The summed E-state index contributed by atoms with van der Waals surface area (Å²) in [5, 5.41) is 8.04. The first kappa shape index (κ1) is 17.9. The third-order valence-electron chi connectivity index (χ3n) is 5.32. The summed E-state index contributed by atoms with van der Waals surface area (Å²) in [6, 6.07) is 9.42. The van der Waals surface area contributed by atoms with Gasteiger partial charge >= 0.3 is 0 Å². The van der Waals surface area contributed by atoms with Crippen molar-refractivity contribution >= 4 is 6.21 Å². The van der Waals surface area contributed by atoms with Crippen LogP contribution >= 0.6 is 0 Å². The van der Waals surface area contributed by atoms with Crippen molar-refractivity contribution in [3.63, 3.8) is 0 Å². The Hall–Kier alpha value is -2.54. The summed E-state index contributed by atoms with van der Waals surface area (Å²) < 4.78 is 16.0. The van der Waals surface area contributed by atoms with Crippen molar-refractivity contribution in [2.45, 2.75) is 26.1 Å². The highest BCUT2D eigenvalue weighted by atomic mass is 16.6. The van der Waals surface area contributed by atoms with Gasteiger partial charge in [0.15, 0.2) is 12.4 Å². The number of fused-ring (bicyclic) bond motifs is 3. The number of rotatable bonds is 8. The van der Waals surface area contributed by atoms with E-state index in [0.717, 1.165) is 23.8 Å². The van der Waals surface area contributed by atoms with Crippen LogP contribution in [0.4, 0.5) is 0 Å². The fraction of sp³-hybridized carbons (Fsp3) is 0.500. The topological polar surface area (TPSA) is 69.3 Å². The van der Waals surface area contributed by atoms with Crippen LogP contribution in [0.1, 0.15) is 24.2 Å². The Balaban J connectivity index is 1.20. The summed E-state index contributed by atoms with van der Waals surface area (Å²) in [6.45, 7) is 4.22. The van der Waals surface area contributed by atoms with Crippen molar-refractivity contribution < 1.29 is 18.8 Å². The molecule has 2 aromatic rings. The SMILES string of the molecule is COc1ccc(COc2cc(CON=CC3CN4CCC3CC4)on2)cc1. The van der Waals surface area contributed by atoms with Crippen LogP contribution in [0, 0.1) is 11.8 Å². The Kier molecular flexibility index (Phi) is 5.58. The van der Waals surface area contributed by atoms with Gasteiger partial charge in [0.05, 0.1) is 7.11 Å². The van der Waals surface area contributed by atoms with E-state index in [1.165, 1.54) is 25.9 Å². The molecule has 3 aliphatic heterocycles. The predicted octanol–water partition coefficient (Wildman–Crippen LogP) is 3.11. The van der Waals surface area contributed by atoms with Gasteiger partial charge in [-0.3, -0.25) is 0 Å². The fourth-order valence-electron chi connectivity index (χ4n) is 3.71. The Morgan fingerprint density at radius 3 is 2.74 bits per heavy atom. The molecule has 0 N–H and O–H groups in total. The highest BCUT2D eigenvalue weighted by Crippen LogP contribution is 2.31.